The molecule has 0 unspecified atom stereocenters. The third kappa shape index (κ3) is 2.73. The summed E-state index contributed by atoms with van der Waals surface area (Å²) in [7, 11) is 0. The van der Waals surface area contributed by atoms with E-state index in [1.54, 1.807) is 0 Å². The number of carbonyl (C=O) groups is 1. The van der Waals surface area contributed by atoms with Crippen LogP contribution in [0.25, 0.3) is 0 Å². The highest BCUT2D eigenvalue weighted by molar-refractivity contribution is 9.09. The van der Waals surface area contributed by atoms with Crippen LogP contribution in [-0.4, -0.2) is 5.78 Å². The van der Waals surface area contributed by atoms with Gasteiger partial charge in [-0.25, -0.2) is 0 Å². The predicted octanol–water partition coefficient (Wildman–Crippen LogP) is 4.71. The molecule has 0 radical (unpaired) electrons. The fourth-order valence-electron chi connectivity index (χ4n) is 1.88. The summed E-state index contributed by atoms with van der Waals surface area (Å²) in [4.78, 5) is 12.5. The van der Waals surface area contributed by atoms with Crippen molar-refractivity contribution in [2.45, 2.75) is 10.7 Å². The maximum atomic E-state index is 12.5. The molecule has 0 heterocycles. The molecule has 0 aliphatic heterocycles. The van der Waals surface area contributed by atoms with Crippen molar-refractivity contribution in [2.75, 3.05) is 0 Å². The van der Waals surface area contributed by atoms with Crippen molar-refractivity contribution in [3.8, 4) is 0 Å². The van der Waals surface area contributed by atoms with Gasteiger partial charge in [0, 0.05) is 21.8 Å². The van der Waals surface area contributed by atoms with Crippen LogP contribution in [0.1, 0.15) is 27.0 Å². The fourth-order valence-corrected chi connectivity index (χ4v) is 3.06. The summed E-state index contributed by atoms with van der Waals surface area (Å²) >= 11 is 6.92. The van der Waals surface area contributed by atoms with E-state index in [0.29, 0.717) is 5.33 Å². The lowest BCUT2D eigenvalue weighted by Gasteiger charge is -2.10. The lowest BCUT2D eigenvalue weighted by molar-refractivity contribution is 0.103. The van der Waals surface area contributed by atoms with E-state index in [1.165, 1.54) is 0 Å². The lowest BCUT2D eigenvalue weighted by Crippen LogP contribution is -2.06. The molecule has 2 aromatic carbocycles. The number of alkyl halides is 2. The highest BCUT2D eigenvalue weighted by Gasteiger charge is 2.14. The zero-order valence-electron chi connectivity index (χ0n) is 9.70. The van der Waals surface area contributed by atoms with Gasteiger partial charge in [0.1, 0.15) is 0 Å². The standard InChI is InChI=1S/C15H12Br2O/c16-9-12-7-4-8-13(14(12)10-17)15(18)11-5-2-1-3-6-11/h1-8H,9-10H2. The van der Waals surface area contributed by atoms with Gasteiger partial charge < -0.3 is 0 Å². The molecule has 0 saturated heterocycles. The molecule has 2 aromatic rings. The van der Waals surface area contributed by atoms with Gasteiger partial charge in [0.05, 0.1) is 0 Å². The summed E-state index contributed by atoms with van der Waals surface area (Å²) in [5, 5.41) is 1.44. The van der Waals surface area contributed by atoms with Crippen LogP contribution < -0.4 is 0 Å². The average molecular weight is 368 g/mol. The van der Waals surface area contributed by atoms with E-state index in [4.69, 9.17) is 0 Å². The second kappa shape index (κ2) is 6.30. The maximum absolute atomic E-state index is 12.5. The molecule has 0 aliphatic carbocycles. The normalized spacial score (nSPS) is 10.3. The van der Waals surface area contributed by atoms with Crippen molar-refractivity contribution in [1.82, 2.24) is 0 Å². The van der Waals surface area contributed by atoms with Gasteiger partial charge in [0.2, 0.25) is 0 Å². The van der Waals surface area contributed by atoms with Crippen LogP contribution in [0.15, 0.2) is 48.5 Å². The molecule has 92 valence electrons. The summed E-state index contributed by atoms with van der Waals surface area (Å²) in [6.07, 6.45) is 0. The number of hydrogen-bond donors (Lipinski definition) is 0. The number of hydrogen-bond acceptors (Lipinski definition) is 1. The third-order valence-corrected chi connectivity index (χ3v) is 4.00. The van der Waals surface area contributed by atoms with Crippen LogP contribution in [0.5, 0.6) is 0 Å². The second-order valence-corrected chi connectivity index (χ2v) is 5.03. The number of ketones is 1. The predicted molar refractivity (Wildman–Crippen MR) is 81.6 cm³/mol. The molecule has 3 heteroatoms. The Hall–Kier alpha value is -0.930. The van der Waals surface area contributed by atoms with Gasteiger partial charge in [-0.15, -0.1) is 0 Å². The highest BCUT2D eigenvalue weighted by Crippen LogP contribution is 2.23. The molecule has 18 heavy (non-hydrogen) atoms. The van der Waals surface area contributed by atoms with E-state index in [2.05, 4.69) is 31.9 Å². The topological polar surface area (TPSA) is 17.1 Å². The minimum atomic E-state index is 0.0767. The molecule has 0 spiro atoms. The molecule has 0 atom stereocenters. The molecular weight excluding hydrogens is 356 g/mol. The van der Waals surface area contributed by atoms with Gasteiger partial charge in [-0.2, -0.15) is 0 Å². The second-order valence-electron chi connectivity index (χ2n) is 3.91. The molecule has 0 saturated carbocycles. The molecule has 0 aromatic heterocycles. The smallest absolute Gasteiger partial charge is 0.193 e. The maximum Gasteiger partial charge on any atom is 0.193 e. The van der Waals surface area contributed by atoms with E-state index in [9.17, 15) is 4.79 Å². The Balaban J connectivity index is 2.48. The van der Waals surface area contributed by atoms with Gasteiger partial charge in [-0.05, 0) is 11.1 Å². The highest BCUT2D eigenvalue weighted by atomic mass is 79.9. The fraction of sp³-hybridized carbons (Fsp3) is 0.133. The van der Waals surface area contributed by atoms with Crippen molar-refractivity contribution < 1.29 is 4.79 Å². The van der Waals surface area contributed by atoms with Crippen LogP contribution in [0, 0.1) is 0 Å². The monoisotopic (exact) mass is 366 g/mol. The first-order valence-corrected chi connectivity index (χ1v) is 7.84. The Morgan fingerprint density at radius 3 is 2.22 bits per heavy atom. The molecule has 2 rings (SSSR count). The first-order valence-electron chi connectivity index (χ1n) is 5.60. The zero-order valence-corrected chi connectivity index (χ0v) is 12.9. The van der Waals surface area contributed by atoms with Crippen LogP contribution in [-0.2, 0) is 10.7 Å². The molecule has 0 bridgehead atoms. The Morgan fingerprint density at radius 1 is 0.889 bits per heavy atom. The van der Waals surface area contributed by atoms with Crippen molar-refractivity contribution in [3.05, 3.63) is 70.8 Å². The van der Waals surface area contributed by atoms with Crippen molar-refractivity contribution in [2.24, 2.45) is 0 Å². The largest absolute Gasteiger partial charge is 0.289 e. The quantitative estimate of drug-likeness (QED) is 0.565. The van der Waals surface area contributed by atoms with Crippen molar-refractivity contribution >= 4 is 37.6 Å². The van der Waals surface area contributed by atoms with Gasteiger partial charge in [0.15, 0.2) is 5.78 Å². The summed E-state index contributed by atoms with van der Waals surface area (Å²) in [5.74, 6) is 0.0767. The van der Waals surface area contributed by atoms with E-state index < -0.39 is 0 Å². The van der Waals surface area contributed by atoms with Crippen LogP contribution in [0.2, 0.25) is 0 Å². The zero-order chi connectivity index (χ0) is 13.0. The van der Waals surface area contributed by atoms with Gasteiger partial charge in [-0.1, -0.05) is 80.4 Å². The first kappa shape index (κ1) is 13.5. The van der Waals surface area contributed by atoms with Crippen LogP contribution in [0.3, 0.4) is 0 Å². The minimum Gasteiger partial charge on any atom is -0.289 e. The summed E-state index contributed by atoms with van der Waals surface area (Å²) in [6.45, 7) is 0. The van der Waals surface area contributed by atoms with Crippen LogP contribution in [0.4, 0.5) is 0 Å². The number of rotatable bonds is 4. The minimum absolute atomic E-state index is 0.0767. The molecule has 0 fully saturated rings. The Morgan fingerprint density at radius 2 is 1.61 bits per heavy atom. The summed E-state index contributed by atoms with van der Waals surface area (Å²) in [5.41, 5.74) is 3.71. The van der Waals surface area contributed by atoms with E-state index in [1.807, 2.05) is 48.5 Å². The van der Waals surface area contributed by atoms with E-state index in [-0.39, 0.29) is 5.78 Å². The van der Waals surface area contributed by atoms with Crippen molar-refractivity contribution in [3.63, 3.8) is 0 Å². The van der Waals surface area contributed by atoms with Crippen LogP contribution >= 0.6 is 31.9 Å². The molecule has 1 nitrogen and oxygen atoms in total. The Bertz CT molecular complexity index is 550. The lowest BCUT2D eigenvalue weighted by atomic mass is 9.96. The summed E-state index contributed by atoms with van der Waals surface area (Å²) < 4.78 is 0. The number of carbonyl (C=O) groups excluding carboxylic acids is 1. The van der Waals surface area contributed by atoms with Crippen molar-refractivity contribution in [1.29, 1.82) is 0 Å². The van der Waals surface area contributed by atoms with Gasteiger partial charge >= 0.3 is 0 Å². The SMILES string of the molecule is O=C(c1ccccc1)c1cccc(CBr)c1CBr. The van der Waals surface area contributed by atoms with E-state index in [0.717, 1.165) is 27.6 Å². The number of benzene rings is 2. The molecular formula is C15H12Br2O. The molecule has 0 N–H and O–H groups in total. The third-order valence-electron chi connectivity index (χ3n) is 2.83. The molecule has 0 amide bonds. The van der Waals surface area contributed by atoms with E-state index >= 15 is 0 Å². The molecule has 0 aliphatic rings. The average Bonchev–Trinajstić information content (AvgIpc) is 2.46. The first-order chi connectivity index (χ1) is 8.77. The summed E-state index contributed by atoms with van der Waals surface area (Å²) in [6, 6.07) is 15.2. The Labute approximate surface area is 123 Å². The van der Waals surface area contributed by atoms with Gasteiger partial charge in [-0.3, -0.25) is 4.79 Å². The van der Waals surface area contributed by atoms with Gasteiger partial charge in [0.25, 0.3) is 0 Å². The Kier molecular flexibility index (Phi) is 4.72. The number of halogens is 2.